The molecule has 0 bridgehead atoms. The van der Waals surface area contributed by atoms with Crippen LogP contribution in [0.1, 0.15) is 25.8 Å². The van der Waals surface area contributed by atoms with E-state index in [9.17, 15) is 0 Å². The fourth-order valence-corrected chi connectivity index (χ4v) is 1.90. The molecule has 0 fully saturated rings. The van der Waals surface area contributed by atoms with Crippen LogP contribution < -0.4 is 14.9 Å². The standard InChI is InChI=1S/C18H22N2O2/c1-3-12-22-17-11-10-15(13-18(17)21-4-2)14-19-20-16-8-6-5-7-9-16/h5-11,13-14,20H,3-4,12H2,1-2H3. The molecule has 2 aromatic rings. The highest BCUT2D eigenvalue weighted by molar-refractivity contribution is 5.81. The third-order valence-electron chi connectivity index (χ3n) is 2.91. The van der Waals surface area contributed by atoms with E-state index in [-0.39, 0.29) is 0 Å². The molecule has 116 valence electrons. The second kappa shape index (κ2) is 8.72. The van der Waals surface area contributed by atoms with Crippen molar-refractivity contribution in [3.8, 4) is 11.5 Å². The number of ether oxygens (including phenoxy) is 2. The first-order valence-corrected chi connectivity index (χ1v) is 7.57. The zero-order valence-electron chi connectivity index (χ0n) is 13.1. The molecule has 0 amide bonds. The third-order valence-corrected chi connectivity index (χ3v) is 2.91. The number of anilines is 1. The summed E-state index contributed by atoms with van der Waals surface area (Å²) in [6.45, 7) is 5.33. The SMILES string of the molecule is CCCOc1ccc(C=NNc2ccccc2)cc1OCC. The minimum atomic E-state index is 0.603. The van der Waals surface area contributed by atoms with Gasteiger partial charge in [0.25, 0.3) is 0 Å². The minimum Gasteiger partial charge on any atom is -0.490 e. The summed E-state index contributed by atoms with van der Waals surface area (Å²) >= 11 is 0. The largest absolute Gasteiger partial charge is 0.490 e. The molecule has 0 aromatic heterocycles. The number of nitrogens with zero attached hydrogens (tertiary/aromatic N) is 1. The van der Waals surface area contributed by atoms with E-state index in [4.69, 9.17) is 9.47 Å². The number of benzene rings is 2. The molecule has 0 spiro atoms. The van der Waals surface area contributed by atoms with Crippen LogP contribution in [0.4, 0.5) is 5.69 Å². The average molecular weight is 298 g/mol. The number of hydrogen-bond donors (Lipinski definition) is 1. The fraction of sp³-hybridized carbons (Fsp3) is 0.278. The van der Waals surface area contributed by atoms with Gasteiger partial charge in [-0.3, -0.25) is 5.43 Å². The van der Waals surface area contributed by atoms with Gasteiger partial charge in [0.1, 0.15) is 0 Å². The molecule has 22 heavy (non-hydrogen) atoms. The lowest BCUT2D eigenvalue weighted by molar-refractivity contribution is 0.277. The maximum absolute atomic E-state index is 5.68. The van der Waals surface area contributed by atoms with Crippen LogP contribution in [0.3, 0.4) is 0 Å². The van der Waals surface area contributed by atoms with Gasteiger partial charge < -0.3 is 9.47 Å². The van der Waals surface area contributed by atoms with E-state index in [1.165, 1.54) is 0 Å². The lowest BCUT2D eigenvalue weighted by atomic mass is 10.2. The van der Waals surface area contributed by atoms with Crippen molar-refractivity contribution in [1.82, 2.24) is 0 Å². The molecule has 0 heterocycles. The number of para-hydroxylation sites is 1. The summed E-state index contributed by atoms with van der Waals surface area (Å²) in [5, 5.41) is 4.23. The van der Waals surface area contributed by atoms with E-state index >= 15 is 0 Å². The topological polar surface area (TPSA) is 42.8 Å². The van der Waals surface area contributed by atoms with Crippen molar-refractivity contribution >= 4 is 11.9 Å². The van der Waals surface area contributed by atoms with Crippen molar-refractivity contribution in [2.45, 2.75) is 20.3 Å². The molecule has 0 saturated heterocycles. The van der Waals surface area contributed by atoms with Crippen LogP contribution in [0.15, 0.2) is 53.6 Å². The highest BCUT2D eigenvalue weighted by atomic mass is 16.5. The summed E-state index contributed by atoms with van der Waals surface area (Å²) in [4.78, 5) is 0. The van der Waals surface area contributed by atoms with E-state index < -0.39 is 0 Å². The Morgan fingerprint density at radius 1 is 1.00 bits per heavy atom. The number of hydrazone groups is 1. The molecule has 0 aliphatic rings. The van der Waals surface area contributed by atoms with Gasteiger partial charge in [-0.2, -0.15) is 5.10 Å². The molecule has 2 rings (SSSR count). The zero-order valence-corrected chi connectivity index (χ0v) is 13.1. The average Bonchev–Trinajstić information content (AvgIpc) is 2.55. The molecule has 4 nitrogen and oxygen atoms in total. The zero-order chi connectivity index (χ0) is 15.6. The van der Waals surface area contributed by atoms with Crippen LogP contribution in [-0.2, 0) is 0 Å². The highest BCUT2D eigenvalue weighted by Gasteiger charge is 2.05. The second-order valence-electron chi connectivity index (χ2n) is 4.72. The fourth-order valence-electron chi connectivity index (χ4n) is 1.90. The Balaban J connectivity index is 2.05. The normalized spacial score (nSPS) is 10.6. The maximum Gasteiger partial charge on any atom is 0.161 e. The summed E-state index contributed by atoms with van der Waals surface area (Å²) in [6, 6.07) is 15.6. The van der Waals surface area contributed by atoms with Crippen molar-refractivity contribution in [2.75, 3.05) is 18.6 Å². The maximum atomic E-state index is 5.68. The van der Waals surface area contributed by atoms with Crippen LogP contribution >= 0.6 is 0 Å². The molecule has 0 radical (unpaired) electrons. The van der Waals surface area contributed by atoms with Crippen molar-refractivity contribution in [2.24, 2.45) is 5.10 Å². The van der Waals surface area contributed by atoms with Crippen LogP contribution in [-0.4, -0.2) is 19.4 Å². The number of nitrogens with one attached hydrogen (secondary N) is 1. The Morgan fingerprint density at radius 3 is 2.55 bits per heavy atom. The summed E-state index contributed by atoms with van der Waals surface area (Å²) in [7, 11) is 0. The first-order chi connectivity index (χ1) is 10.8. The van der Waals surface area contributed by atoms with Crippen LogP contribution in [0.5, 0.6) is 11.5 Å². The Hall–Kier alpha value is -2.49. The molecular formula is C18H22N2O2. The van der Waals surface area contributed by atoms with Crippen LogP contribution in [0.25, 0.3) is 0 Å². The molecule has 4 heteroatoms. The van der Waals surface area contributed by atoms with Gasteiger partial charge in [-0.15, -0.1) is 0 Å². The molecule has 0 aliphatic carbocycles. The quantitative estimate of drug-likeness (QED) is 0.583. The van der Waals surface area contributed by atoms with Gasteiger partial charge >= 0.3 is 0 Å². The highest BCUT2D eigenvalue weighted by Crippen LogP contribution is 2.28. The van der Waals surface area contributed by atoms with Gasteiger partial charge in [-0.1, -0.05) is 25.1 Å². The van der Waals surface area contributed by atoms with Crippen molar-refractivity contribution < 1.29 is 9.47 Å². The lowest BCUT2D eigenvalue weighted by Crippen LogP contribution is -2.00. The van der Waals surface area contributed by atoms with Crippen molar-refractivity contribution in [3.05, 3.63) is 54.1 Å². The predicted octanol–water partition coefficient (Wildman–Crippen LogP) is 4.32. The summed E-state index contributed by atoms with van der Waals surface area (Å²) < 4.78 is 11.3. The summed E-state index contributed by atoms with van der Waals surface area (Å²) in [5.74, 6) is 1.52. The van der Waals surface area contributed by atoms with Crippen molar-refractivity contribution in [3.63, 3.8) is 0 Å². The van der Waals surface area contributed by atoms with E-state index in [2.05, 4.69) is 17.5 Å². The molecule has 0 aliphatic heterocycles. The monoisotopic (exact) mass is 298 g/mol. The Kier molecular flexibility index (Phi) is 6.30. The van der Waals surface area contributed by atoms with Gasteiger partial charge in [0, 0.05) is 0 Å². The van der Waals surface area contributed by atoms with E-state index in [1.54, 1.807) is 6.21 Å². The molecule has 2 aromatic carbocycles. The van der Waals surface area contributed by atoms with Gasteiger partial charge in [0.05, 0.1) is 25.1 Å². The van der Waals surface area contributed by atoms with Crippen LogP contribution in [0.2, 0.25) is 0 Å². The number of rotatable bonds is 8. The molecule has 0 unspecified atom stereocenters. The first kappa shape index (κ1) is 15.9. The predicted molar refractivity (Wildman–Crippen MR) is 91.1 cm³/mol. The smallest absolute Gasteiger partial charge is 0.161 e. The second-order valence-corrected chi connectivity index (χ2v) is 4.72. The van der Waals surface area contributed by atoms with Gasteiger partial charge in [-0.05, 0) is 49.2 Å². The summed E-state index contributed by atoms with van der Waals surface area (Å²) in [6.07, 6.45) is 2.73. The van der Waals surface area contributed by atoms with Gasteiger partial charge in [0.15, 0.2) is 11.5 Å². The Labute approximate surface area is 131 Å². The van der Waals surface area contributed by atoms with E-state index in [1.807, 2.05) is 55.5 Å². The molecular weight excluding hydrogens is 276 g/mol. The summed E-state index contributed by atoms with van der Waals surface area (Å²) in [5.41, 5.74) is 4.90. The van der Waals surface area contributed by atoms with Gasteiger partial charge in [0.2, 0.25) is 0 Å². The molecule has 0 saturated carbocycles. The van der Waals surface area contributed by atoms with Gasteiger partial charge in [-0.25, -0.2) is 0 Å². The lowest BCUT2D eigenvalue weighted by Gasteiger charge is -2.11. The molecule has 1 N–H and O–H groups in total. The van der Waals surface area contributed by atoms with Crippen LogP contribution in [0, 0.1) is 0 Å². The molecule has 0 atom stereocenters. The van der Waals surface area contributed by atoms with E-state index in [0.29, 0.717) is 13.2 Å². The first-order valence-electron chi connectivity index (χ1n) is 7.57. The minimum absolute atomic E-state index is 0.603. The number of hydrogen-bond acceptors (Lipinski definition) is 4. The van der Waals surface area contributed by atoms with E-state index in [0.717, 1.165) is 29.2 Å². The Bertz CT molecular complexity index is 597. The Morgan fingerprint density at radius 2 is 1.82 bits per heavy atom. The third kappa shape index (κ3) is 4.81. The van der Waals surface area contributed by atoms with Crippen molar-refractivity contribution in [1.29, 1.82) is 0 Å².